The van der Waals surface area contributed by atoms with E-state index in [-0.39, 0.29) is 0 Å². The number of ether oxygens (including phenoxy) is 1. The maximum atomic E-state index is 11.5. The van der Waals surface area contributed by atoms with Crippen LogP contribution >= 0.6 is 0 Å². The number of rotatable bonds is 6. The lowest BCUT2D eigenvalue weighted by Crippen LogP contribution is -2.29. The molecule has 2 rings (SSSR count). The zero-order valence-corrected chi connectivity index (χ0v) is 13.3. The van der Waals surface area contributed by atoms with Crippen LogP contribution in [0.15, 0.2) is 42.5 Å². The van der Waals surface area contributed by atoms with Crippen molar-refractivity contribution in [1.29, 1.82) is 0 Å². The van der Waals surface area contributed by atoms with Crippen molar-refractivity contribution in [3.8, 4) is 5.75 Å². The Morgan fingerprint density at radius 1 is 1.05 bits per heavy atom. The molecule has 1 unspecified atom stereocenters. The van der Waals surface area contributed by atoms with Crippen molar-refractivity contribution in [2.24, 2.45) is 0 Å². The Morgan fingerprint density at radius 2 is 1.59 bits per heavy atom. The largest absolute Gasteiger partial charge is 0.478 e. The van der Waals surface area contributed by atoms with E-state index in [4.69, 9.17) is 4.74 Å². The van der Waals surface area contributed by atoms with Gasteiger partial charge in [0.25, 0.3) is 0 Å². The Morgan fingerprint density at radius 3 is 2.09 bits per heavy atom. The molecule has 0 aliphatic heterocycles. The quantitative estimate of drug-likeness (QED) is 0.878. The molecule has 2 aromatic rings. The third-order valence-electron chi connectivity index (χ3n) is 3.60. The predicted octanol–water partition coefficient (Wildman–Crippen LogP) is 3.94. The van der Waals surface area contributed by atoms with Gasteiger partial charge in [0.1, 0.15) is 5.75 Å². The molecule has 0 saturated carbocycles. The molecular formula is C19H22O3. The maximum Gasteiger partial charge on any atom is 0.345 e. The van der Waals surface area contributed by atoms with E-state index in [1.165, 1.54) is 5.56 Å². The van der Waals surface area contributed by atoms with E-state index in [1.54, 1.807) is 0 Å². The van der Waals surface area contributed by atoms with Crippen LogP contribution in [0.2, 0.25) is 0 Å². The highest BCUT2D eigenvalue weighted by atomic mass is 16.5. The van der Waals surface area contributed by atoms with Crippen LogP contribution in [0.25, 0.3) is 0 Å². The zero-order valence-electron chi connectivity index (χ0n) is 13.3. The first kappa shape index (κ1) is 16.1. The number of carboxylic acids is 1. The third-order valence-corrected chi connectivity index (χ3v) is 3.60. The summed E-state index contributed by atoms with van der Waals surface area (Å²) in [6, 6.07) is 13.8. The van der Waals surface area contributed by atoms with Crippen LogP contribution in [0.4, 0.5) is 0 Å². The summed E-state index contributed by atoms with van der Waals surface area (Å²) in [6.45, 7) is 6.04. The molecule has 0 spiro atoms. The Hall–Kier alpha value is -2.29. The number of aliphatic carboxylic acids is 1. The van der Waals surface area contributed by atoms with Gasteiger partial charge in [0.15, 0.2) is 6.10 Å². The summed E-state index contributed by atoms with van der Waals surface area (Å²) in [7, 11) is 0. The molecule has 116 valence electrons. The third kappa shape index (κ3) is 4.35. The highest BCUT2D eigenvalue weighted by molar-refractivity contribution is 5.73. The van der Waals surface area contributed by atoms with E-state index >= 15 is 0 Å². The molecule has 0 fully saturated rings. The summed E-state index contributed by atoms with van der Waals surface area (Å²) in [4.78, 5) is 11.5. The molecule has 22 heavy (non-hydrogen) atoms. The molecule has 3 heteroatoms. The Kier molecular flexibility index (Phi) is 5.21. The minimum atomic E-state index is -0.946. The van der Waals surface area contributed by atoms with Gasteiger partial charge in [0.05, 0.1) is 0 Å². The van der Waals surface area contributed by atoms with Crippen molar-refractivity contribution in [3.63, 3.8) is 0 Å². The van der Waals surface area contributed by atoms with Gasteiger partial charge in [-0.1, -0.05) is 37.3 Å². The van der Waals surface area contributed by atoms with E-state index < -0.39 is 12.1 Å². The van der Waals surface area contributed by atoms with Gasteiger partial charge in [0.2, 0.25) is 0 Å². The van der Waals surface area contributed by atoms with Crippen molar-refractivity contribution >= 4 is 5.97 Å². The van der Waals surface area contributed by atoms with Gasteiger partial charge < -0.3 is 9.84 Å². The van der Waals surface area contributed by atoms with Crippen molar-refractivity contribution in [1.82, 2.24) is 0 Å². The van der Waals surface area contributed by atoms with Crippen molar-refractivity contribution in [2.45, 2.75) is 39.7 Å². The fourth-order valence-electron chi connectivity index (χ4n) is 2.47. The molecular weight excluding hydrogens is 276 g/mol. The second kappa shape index (κ2) is 7.12. The summed E-state index contributed by atoms with van der Waals surface area (Å²) in [6.07, 6.45) is 0.447. The molecule has 0 heterocycles. The SMILES string of the molecule is CCc1ccc(CC(Oc2cc(C)cc(C)c2)C(=O)O)cc1. The number of benzene rings is 2. The van der Waals surface area contributed by atoms with Crippen LogP contribution < -0.4 is 4.74 Å². The number of hydrogen-bond donors (Lipinski definition) is 1. The predicted molar refractivity (Wildman–Crippen MR) is 87.5 cm³/mol. The van der Waals surface area contributed by atoms with E-state index in [0.717, 1.165) is 23.1 Å². The lowest BCUT2D eigenvalue weighted by molar-refractivity contribution is -0.145. The molecule has 0 saturated heterocycles. The summed E-state index contributed by atoms with van der Waals surface area (Å²) < 4.78 is 5.70. The first-order valence-corrected chi connectivity index (χ1v) is 7.53. The van der Waals surface area contributed by atoms with Crippen molar-refractivity contribution < 1.29 is 14.6 Å². The second-order valence-corrected chi connectivity index (χ2v) is 5.64. The smallest absolute Gasteiger partial charge is 0.345 e. The number of aryl methyl sites for hydroxylation is 3. The molecule has 0 aliphatic rings. The standard InChI is InChI=1S/C19H22O3/c1-4-15-5-7-16(8-6-15)12-18(19(20)21)22-17-10-13(2)9-14(3)11-17/h5-11,18H,4,12H2,1-3H3,(H,20,21). The minimum Gasteiger partial charge on any atom is -0.478 e. The van der Waals surface area contributed by atoms with Gasteiger partial charge in [0, 0.05) is 6.42 Å². The highest BCUT2D eigenvalue weighted by Crippen LogP contribution is 2.19. The van der Waals surface area contributed by atoms with Crippen LogP contribution in [0.1, 0.15) is 29.2 Å². The molecule has 0 aliphatic carbocycles. The first-order chi connectivity index (χ1) is 10.5. The molecule has 0 bridgehead atoms. The van der Waals surface area contributed by atoms with E-state index in [1.807, 2.05) is 56.3 Å². The van der Waals surface area contributed by atoms with Gasteiger partial charge in [-0.15, -0.1) is 0 Å². The van der Waals surface area contributed by atoms with Gasteiger partial charge >= 0.3 is 5.97 Å². The minimum absolute atomic E-state index is 0.353. The van der Waals surface area contributed by atoms with Crippen molar-refractivity contribution in [3.05, 3.63) is 64.7 Å². The van der Waals surface area contributed by atoms with Crippen LogP contribution in [0, 0.1) is 13.8 Å². The Labute approximate surface area is 131 Å². The summed E-state index contributed by atoms with van der Waals surface area (Å²) in [5.74, 6) is -0.339. The van der Waals surface area contributed by atoms with Gasteiger partial charge in [-0.25, -0.2) is 4.79 Å². The van der Waals surface area contributed by atoms with Gasteiger partial charge in [-0.3, -0.25) is 0 Å². The highest BCUT2D eigenvalue weighted by Gasteiger charge is 2.20. The van der Waals surface area contributed by atoms with Crippen LogP contribution in [-0.4, -0.2) is 17.2 Å². The van der Waals surface area contributed by atoms with E-state index in [0.29, 0.717) is 12.2 Å². The summed E-state index contributed by atoms with van der Waals surface area (Å²) in [5.41, 5.74) is 4.33. The number of carboxylic acid groups (broad SMARTS) is 1. The van der Waals surface area contributed by atoms with E-state index in [2.05, 4.69) is 6.92 Å². The molecule has 1 N–H and O–H groups in total. The Bertz CT molecular complexity index is 624. The molecule has 2 aromatic carbocycles. The Balaban J connectivity index is 2.13. The van der Waals surface area contributed by atoms with Crippen molar-refractivity contribution in [2.75, 3.05) is 0 Å². The molecule has 1 atom stereocenters. The number of hydrogen-bond acceptors (Lipinski definition) is 2. The van der Waals surface area contributed by atoms with Gasteiger partial charge in [-0.05, 0) is 54.7 Å². The average Bonchev–Trinajstić information content (AvgIpc) is 2.46. The normalized spacial score (nSPS) is 12.0. The second-order valence-electron chi connectivity index (χ2n) is 5.64. The lowest BCUT2D eigenvalue weighted by Gasteiger charge is -2.16. The molecule has 3 nitrogen and oxygen atoms in total. The summed E-state index contributed by atoms with van der Waals surface area (Å²) in [5, 5.41) is 9.41. The van der Waals surface area contributed by atoms with Crippen LogP contribution in [0.3, 0.4) is 0 Å². The van der Waals surface area contributed by atoms with Crippen LogP contribution in [-0.2, 0) is 17.6 Å². The average molecular weight is 298 g/mol. The fourth-order valence-corrected chi connectivity index (χ4v) is 2.47. The van der Waals surface area contributed by atoms with Gasteiger partial charge in [-0.2, -0.15) is 0 Å². The topological polar surface area (TPSA) is 46.5 Å². The first-order valence-electron chi connectivity index (χ1n) is 7.53. The monoisotopic (exact) mass is 298 g/mol. The molecule has 0 radical (unpaired) electrons. The molecule has 0 aromatic heterocycles. The van der Waals surface area contributed by atoms with Crippen LogP contribution in [0.5, 0.6) is 5.75 Å². The maximum absolute atomic E-state index is 11.5. The zero-order chi connectivity index (χ0) is 16.1. The lowest BCUT2D eigenvalue weighted by atomic mass is 10.0. The summed E-state index contributed by atoms with van der Waals surface area (Å²) >= 11 is 0. The molecule has 0 amide bonds. The fraction of sp³-hybridized carbons (Fsp3) is 0.316. The van der Waals surface area contributed by atoms with E-state index in [9.17, 15) is 9.90 Å². The number of carbonyl (C=O) groups is 1.